The average molecular weight is 291 g/mol. The molecule has 0 bridgehead atoms. The van der Waals surface area contributed by atoms with Gasteiger partial charge in [0.15, 0.2) is 0 Å². The van der Waals surface area contributed by atoms with Crippen molar-refractivity contribution in [3.8, 4) is 5.88 Å². The Kier molecular flexibility index (Phi) is 6.02. The highest BCUT2D eigenvalue weighted by Gasteiger charge is 2.09. The number of nitrogens with zero attached hydrogens (tertiary/aromatic N) is 3. The van der Waals surface area contributed by atoms with Gasteiger partial charge in [0.25, 0.3) is 0 Å². The monoisotopic (exact) mass is 291 g/mol. The molecule has 0 aromatic carbocycles. The Morgan fingerprint density at radius 2 is 2.05 bits per heavy atom. The van der Waals surface area contributed by atoms with Crippen molar-refractivity contribution >= 4 is 5.52 Å². The molecule has 0 N–H and O–H groups in total. The molecule has 5 nitrogen and oxygen atoms in total. The highest BCUT2D eigenvalue weighted by Crippen LogP contribution is 2.12. The molecule has 116 valence electrons. The first-order chi connectivity index (χ1) is 9.92. The van der Waals surface area contributed by atoms with E-state index in [2.05, 4.69) is 10.00 Å². The van der Waals surface area contributed by atoms with Crippen LogP contribution in [0.1, 0.15) is 20.3 Å². The van der Waals surface area contributed by atoms with Crippen LogP contribution in [0.3, 0.4) is 0 Å². The number of unbranched alkanes of at least 4 members (excludes halogenated alkanes) is 1. The molecule has 0 aliphatic carbocycles. The molecule has 3 heterocycles. The lowest BCUT2D eigenvalue weighted by Crippen LogP contribution is -2.36. The van der Waals surface area contributed by atoms with Crippen LogP contribution in [0.25, 0.3) is 5.52 Å². The first-order valence-electron chi connectivity index (χ1n) is 7.29. The Bertz CT molecular complexity index is 502. The third-order valence-electron chi connectivity index (χ3n) is 3.57. The summed E-state index contributed by atoms with van der Waals surface area (Å²) in [5.41, 5.74) is 1.07. The van der Waals surface area contributed by atoms with Crippen molar-refractivity contribution in [2.45, 2.75) is 20.3 Å². The minimum atomic E-state index is 0. The van der Waals surface area contributed by atoms with E-state index in [9.17, 15) is 0 Å². The van der Waals surface area contributed by atoms with Gasteiger partial charge in [-0.15, -0.1) is 5.10 Å². The van der Waals surface area contributed by atoms with E-state index in [1.54, 1.807) is 0 Å². The number of aromatic nitrogens is 2. The third kappa shape index (κ3) is 4.44. The van der Waals surface area contributed by atoms with Crippen molar-refractivity contribution in [3.63, 3.8) is 0 Å². The zero-order valence-corrected chi connectivity index (χ0v) is 11.7. The van der Waals surface area contributed by atoms with E-state index in [0.29, 0.717) is 5.88 Å². The third-order valence-corrected chi connectivity index (χ3v) is 3.57. The van der Waals surface area contributed by atoms with Gasteiger partial charge in [0.1, 0.15) is 0 Å². The number of pyridine rings is 1. The maximum Gasteiger partial charge on any atom is 0.233 e. The number of morpholine rings is 1. The largest absolute Gasteiger partial charge is 0.477 e. The fourth-order valence-electron chi connectivity index (χ4n) is 2.42. The van der Waals surface area contributed by atoms with Gasteiger partial charge in [-0.2, -0.15) is 0 Å². The van der Waals surface area contributed by atoms with Crippen LogP contribution in [0.15, 0.2) is 30.5 Å². The lowest BCUT2D eigenvalue weighted by Gasteiger charge is -2.26. The first kappa shape index (κ1) is 15.8. The lowest BCUT2D eigenvalue weighted by molar-refractivity contribution is 0.0367. The van der Waals surface area contributed by atoms with E-state index in [1.807, 2.05) is 35.0 Å². The van der Waals surface area contributed by atoms with Crippen LogP contribution in [0.2, 0.25) is 0 Å². The van der Waals surface area contributed by atoms with Gasteiger partial charge in [-0.25, -0.2) is 4.52 Å². The van der Waals surface area contributed by atoms with E-state index >= 15 is 0 Å². The molecular weight excluding hydrogens is 266 g/mol. The van der Waals surface area contributed by atoms with Gasteiger partial charge >= 0.3 is 0 Å². The summed E-state index contributed by atoms with van der Waals surface area (Å²) in [6.45, 7) is 5.74. The van der Waals surface area contributed by atoms with Gasteiger partial charge in [0.2, 0.25) is 5.88 Å². The summed E-state index contributed by atoms with van der Waals surface area (Å²) in [5.74, 6) is 0.711. The van der Waals surface area contributed by atoms with E-state index in [-0.39, 0.29) is 7.43 Å². The van der Waals surface area contributed by atoms with Gasteiger partial charge in [-0.1, -0.05) is 13.5 Å². The Morgan fingerprint density at radius 3 is 2.86 bits per heavy atom. The summed E-state index contributed by atoms with van der Waals surface area (Å²) < 4.78 is 12.9. The Labute approximate surface area is 126 Å². The van der Waals surface area contributed by atoms with E-state index in [0.717, 1.165) is 57.8 Å². The van der Waals surface area contributed by atoms with Gasteiger partial charge < -0.3 is 9.47 Å². The lowest BCUT2D eigenvalue weighted by atomic mass is 10.3. The summed E-state index contributed by atoms with van der Waals surface area (Å²) >= 11 is 0. The van der Waals surface area contributed by atoms with Crippen LogP contribution < -0.4 is 4.74 Å². The minimum absolute atomic E-state index is 0. The molecule has 21 heavy (non-hydrogen) atoms. The molecule has 0 radical (unpaired) electrons. The molecule has 2 aromatic rings. The summed E-state index contributed by atoms with van der Waals surface area (Å²) in [7, 11) is 0. The molecule has 0 spiro atoms. The molecule has 1 fully saturated rings. The van der Waals surface area contributed by atoms with Gasteiger partial charge in [0.05, 0.1) is 25.3 Å². The van der Waals surface area contributed by atoms with Gasteiger partial charge in [-0.3, -0.25) is 4.90 Å². The van der Waals surface area contributed by atoms with Crippen molar-refractivity contribution < 1.29 is 9.47 Å². The second kappa shape index (κ2) is 8.00. The zero-order valence-electron chi connectivity index (χ0n) is 11.7. The Hall–Kier alpha value is -1.59. The fourth-order valence-corrected chi connectivity index (χ4v) is 2.42. The number of hydrogen-bond acceptors (Lipinski definition) is 4. The predicted molar refractivity (Wildman–Crippen MR) is 83.9 cm³/mol. The smallest absolute Gasteiger partial charge is 0.233 e. The maximum atomic E-state index is 5.71. The molecule has 0 saturated carbocycles. The van der Waals surface area contributed by atoms with E-state index in [1.165, 1.54) is 0 Å². The number of ether oxygens (including phenoxy) is 2. The second-order valence-corrected chi connectivity index (χ2v) is 5.06. The van der Waals surface area contributed by atoms with Gasteiger partial charge in [-0.05, 0) is 31.5 Å². The van der Waals surface area contributed by atoms with Crippen molar-refractivity contribution in [1.29, 1.82) is 0 Å². The molecule has 0 unspecified atom stereocenters. The molecule has 1 aliphatic heterocycles. The highest BCUT2D eigenvalue weighted by atomic mass is 16.5. The van der Waals surface area contributed by atoms with Crippen molar-refractivity contribution in [2.24, 2.45) is 0 Å². The molecule has 0 amide bonds. The van der Waals surface area contributed by atoms with Gasteiger partial charge in [0, 0.05) is 25.4 Å². The molecule has 3 rings (SSSR count). The SMILES string of the molecule is C.c1ccn2nc(OCCCCN3CCOCC3)cc2c1. The van der Waals surface area contributed by atoms with Crippen LogP contribution in [0, 0.1) is 0 Å². The molecule has 0 atom stereocenters. The molecule has 1 saturated heterocycles. The van der Waals surface area contributed by atoms with Crippen LogP contribution in [-0.2, 0) is 4.74 Å². The van der Waals surface area contributed by atoms with Crippen molar-refractivity contribution in [1.82, 2.24) is 14.5 Å². The summed E-state index contributed by atoms with van der Waals surface area (Å²) in [6.07, 6.45) is 4.15. The number of rotatable bonds is 6. The van der Waals surface area contributed by atoms with E-state index < -0.39 is 0 Å². The topological polar surface area (TPSA) is 39.0 Å². The first-order valence-corrected chi connectivity index (χ1v) is 7.29. The molecule has 5 heteroatoms. The van der Waals surface area contributed by atoms with Crippen LogP contribution in [-0.4, -0.2) is 54.0 Å². The quantitative estimate of drug-likeness (QED) is 0.766. The summed E-state index contributed by atoms with van der Waals surface area (Å²) in [6, 6.07) is 7.97. The Morgan fingerprint density at radius 1 is 1.19 bits per heavy atom. The standard InChI is InChI=1S/C15H21N3O2.CH4/c1-2-7-18-14(5-1)13-15(16-18)20-10-4-3-6-17-8-11-19-12-9-17;/h1-2,5,7,13H,3-4,6,8-12H2;1H4. The van der Waals surface area contributed by atoms with Crippen LogP contribution in [0.5, 0.6) is 5.88 Å². The zero-order chi connectivity index (χ0) is 13.6. The van der Waals surface area contributed by atoms with Crippen LogP contribution >= 0.6 is 0 Å². The maximum absolute atomic E-state index is 5.71. The van der Waals surface area contributed by atoms with Crippen LogP contribution in [0.4, 0.5) is 0 Å². The summed E-state index contributed by atoms with van der Waals surface area (Å²) in [4.78, 5) is 2.45. The molecule has 2 aromatic heterocycles. The predicted octanol–water partition coefficient (Wildman–Crippen LogP) is 2.46. The number of fused-ring (bicyclic) bond motifs is 1. The summed E-state index contributed by atoms with van der Waals surface area (Å²) in [5, 5.41) is 4.37. The van der Waals surface area contributed by atoms with Crippen molar-refractivity contribution in [2.75, 3.05) is 39.5 Å². The van der Waals surface area contributed by atoms with Crippen molar-refractivity contribution in [3.05, 3.63) is 30.5 Å². The number of hydrogen-bond donors (Lipinski definition) is 0. The second-order valence-electron chi connectivity index (χ2n) is 5.06. The average Bonchev–Trinajstić information content (AvgIpc) is 2.90. The molecular formula is C16H25N3O2. The Balaban J connectivity index is 0.00000161. The minimum Gasteiger partial charge on any atom is -0.477 e. The molecule has 1 aliphatic rings. The normalized spacial score (nSPS) is 15.8. The fraction of sp³-hybridized carbons (Fsp3) is 0.562. The van der Waals surface area contributed by atoms with E-state index in [4.69, 9.17) is 9.47 Å². The highest BCUT2D eigenvalue weighted by molar-refractivity contribution is 5.48.